The maximum absolute atomic E-state index is 13.2. The van der Waals surface area contributed by atoms with Crippen LogP contribution in [0.3, 0.4) is 0 Å². The smallest absolute Gasteiger partial charge is 0.324 e. The van der Waals surface area contributed by atoms with E-state index in [4.69, 9.17) is 26.2 Å². The lowest BCUT2D eigenvalue weighted by Crippen LogP contribution is -2.39. The number of anilines is 2. The zero-order valence-corrected chi connectivity index (χ0v) is 23.2. The molecule has 8 nitrogen and oxygen atoms in total. The number of urea groups is 1. The number of benzene rings is 3. The van der Waals surface area contributed by atoms with Crippen LogP contribution in [0.2, 0.25) is 5.02 Å². The summed E-state index contributed by atoms with van der Waals surface area (Å²) in [6.07, 6.45) is 0.969. The van der Waals surface area contributed by atoms with Crippen molar-refractivity contribution in [3.05, 3.63) is 77.4 Å². The number of nitrogens with one attached hydrogen (secondary N) is 3. The molecular weight excluding hydrogens is 514 g/mol. The molecule has 1 aromatic heterocycles. The number of hydrogen-bond donors (Lipinski definition) is 3. The Kier molecular flexibility index (Phi) is 8.07. The topological polar surface area (TPSA) is 89.4 Å². The van der Waals surface area contributed by atoms with E-state index in [0.717, 1.165) is 54.0 Å². The van der Waals surface area contributed by atoms with Crippen molar-refractivity contribution in [3.8, 4) is 11.4 Å². The number of nitrogens with zero attached hydrogens (tertiary/aromatic N) is 2. The van der Waals surface area contributed by atoms with Crippen molar-refractivity contribution in [2.24, 2.45) is 0 Å². The van der Waals surface area contributed by atoms with Crippen molar-refractivity contribution in [1.29, 1.82) is 0 Å². The van der Waals surface area contributed by atoms with Crippen LogP contribution in [0.4, 0.5) is 16.3 Å². The summed E-state index contributed by atoms with van der Waals surface area (Å²) < 4.78 is 13.6. The van der Waals surface area contributed by atoms with Crippen LogP contribution in [0.1, 0.15) is 32.9 Å². The van der Waals surface area contributed by atoms with Gasteiger partial charge in [-0.2, -0.15) is 5.10 Å². The van der Waals surface area contributed by atoms with Crippen molar-refractivity contribution in [2.75, 3.05) is 36.9 Å². The minimum Gasteiger partial charge on any atom is -0.493 e. The lowest BCUT2D eigenvalue weighted by Gasteiger charge is -2.23. The van der Waals surface area contributed by atoms with Gasteiger partial charge in [0.2, 0.25) is 0 Å². The van der Waals surface area contributed by atoms with Gasteiger partial charge in [-0.1, -0.05) is 56.6 Å². The number of fused-ring (bicyclic) bond motifs is 1. The molecule has 0 radical (unpaired) electrons. The van der Waals surface area contributed by atoms with Crippen LogP contribution in [0, 0.1) is 0 Å². The molecular formula is C30H34ClN5O3. The first kappa shape index (κ1) is 27.0. The maximum atomic E-state index is 13.2. The van der Waals surface area contributed by atoms with Crippen molar-refractivity contribution in [3.63, 3.8) is 0 Å². The summed E-state index contributed by atoms with van der Waals surface area (Å²) in [5, 5.41) is 16.6. The van der Waals surface area contributed by atoms with E-state index >= 15 is 0 Å². The lowest BCUT2D eigenvalue weighted by atomic mass is 9.92. The fourth-order valence-corrected chi connectivity index (χ4v) is 4.62. The molecule has 3 N–H and O–H groups in total. The van der Waals surface area contributed by atoms with Gasteiger partial charge in [0.05, 0.1) is 36.4 Å². The summed E-state index contributed by atoms with van der Waals surface area (Å²) in [5.74, 6) is 1.33. The number of morpholine rings is 1. The minimum atomic E-state index is -0.369. The van der Waals surface area contributed by atoms with Crippen LogP contribution in [0.15, 0.2) is 66.7 Å². The van der Waals surface area contributed by atoms with E-state index in [9.17, 15) is 4.79 Å². The summed E-state index contributed by atoms with van der Waals surface area (Å²) in [6, 6.07) is 20.5. The molecule has 0 aliphatic carbocycles. The fraction of sp³-hybridized carbons (Fsp3) is 0.333. The highest BCUT2D eigenvalue weighted by Crippen LogP contribution is 2.32. The number of aromatic nitrogens is 2. The normalized spacial score (nSPS) is 15.7. The van der Waals surface area contributed by atoms with Gasteiger partial charge in [-0.25, -0.2) is 9.48 Å². The Labute approximate surface area is 233 Å². The predicted molar refractivity (Wildman–Crippen MR) is 157 cm³/mol. The van der Waals surface area contributed by atoms with Crippen LogP contribution in [0.25, 0.3) is 16.5 Å². The Balaban J connectivity index is 1.33. The van der Waals surface area contributed by atoms with E-state index < -0.39 is 0 Å². The Bertz CT molecular complexity index is 1440. The molecule has 5 rings (SSSR count). The maximum Gasteiger partial charge on any atom is 0.324 e. The third-order valence-electron chi connectivity index (χ3n) is 6.62. The van der Waals surface area contributed by atoms with E-state index in [1.807, 2.05) is 54.6 Å². The number of ether oxygens (including phenoxy) is 2. The summed E-state index contributed by atoms with van der Waals surface area (Å²) in [4.78, 5) is 13.2. The van der Waals surface area contributed by atoms with Crippen LogP contribution in [-0.4, -0.2) is 48.2 Å². The lowest BCUT2D eigenvalue weighted by molar-refractivity contribution is 0.0160. The molecule has 1 aliphatic rings. The van der Waals surface area contributed by atoms with Gasteiger partial charge in [0.1, 0.15) is 11.6 Å². The molecule has 2 heterocycles. The summed E-state index contributed by atoms with van der Waals surface area (Å²) in [5.41, 5.74) is 2.14. The minimum absolute atomic E-state index is 0.162. The van der Waals surface area contributed by atoms with Gasteiger partial charge in [0, 0.05) is 46.8 Å². The van der Waals surface area contributed by atoms with Crippen LogP contribution in [0.5, 0.6) is 5.75 Å². The second-order valence-corrected chi connectivity index (χ2v) is 11.1. The van der Waals surface area contributed by atoms with Crippen molar-refractivity contribution < 1.29 is 14.3 Å². The molecule has 9 heteroatoms. The van der Waals surface area contributed by atoms with Gasteiger partial charge in [-0.3, -0.25) is 5.32 Å². The molecule has 0 bridgehead atoms. The summed E-state index contributed by atoms with van der Waals surface area (Å²) in [7, 11) is 0. The van der Waals surface area contributed by atoms with Gasteiger partial charge >= 0.3 is 6.03 Å². The second-order valence-electron chi connectivity index (χ2n) is 10.6. The molecule has 3 aromatic carbocycles. The Morgan fingerprint density at radius 3 is 2.59 bits per heavy atom. The van der Waals surface area contributed by atoms with Gasteiger partial charge < -0.3 is 20.1 Å². The van der Waals surface area contributed by atoms with E-state index in [0.29, 0.717) is 23.1 Å². The first-order valence-electron chi connectivity index (χ1n) is 13.2. The molecule has 2 amide bonds. The molecule has 4 aromatic rings. The van der Waals surface area contributed by atoms with Crippen LogP contribution in [-0.2, 0) is 10.2 Å². The van der Waals surface area contributed by atoms with Crippen LogP contribution >= 0.6 is 11.6 Å². The van der Waals surface area contributed by atoms with Crippen LogP contribution < -0.4 is 20.7 Å². The number of carbonyl (C=O) groups excluding carboxylic acids is 1. The molecule has 1 aliphatic heterocycles. The zero-order valence-electron chi connectivity index (χ0n) is 22.5. The van der Waals surface area contributed by atoms with E-state index in [1.54, 1.807) is 16.8 Å². The van der Waals surface area contributed by atoms with E-state index in [1.165, 1.54) is 0 Å². The van der Waals surface area contributed by atoms with Gasteiger partial charge in [0.25, 0.3) is 0 Å². The Morgan fingerprint density at radius 1 is 1.10 bits per heavy atom. The monoisotopic (exact) mass is 547 g/mol. The third-order valence-corrected chi connectivity index (χ3v) is 6.88. The number of amides is 2. The summed E-state index contributed by atoms with van der Waals surface area (Å²) in [6.45, 7) is 9.27. The van der Waals surface area contributed by atoms with Gasteiger partial charge in [-0.05, 0) is 36.4 Å². The van der Waals surface area contributed by atoms with E-state index in [2.05, 4.69) is 36.7 Å². The third kappa shape index (κ3) is 6.53. The quantitative estimate of drug-likeness (QED) is 0.250. The Hall–Kier alpha value is -3.59. The highest BCUT2D eigenvalue weighted by Gasteiger charge is 2.22. The van der Waals surface area contributed by atoms with E-state index in [-0.39, 0.29) is 17.6 Å². The van der Waals surface area contributed by atoms with Crippen molar-refractivity contribution >= 4 is 39.9 Å². The summed E-state index contributed by atoms with van der Waals surface area (Å²) >= 11 is 6.09. The Morgan fingerprint density at radius 2 is 1.87 bits per heavy atom. The van der Waals surface area contributed by atoms with Crippen molar-refractivity contribution in [1.82, 2.24) is 15.1 Å². The fourth-order valence-electron chi connectivity index (χ4n) is 4.50. The number of hydrogen-bond acceptors (Lipinski definition) is 5. The number of rotatable bonds is 7. The standard InChI is InChI=1S/C30H34ClN5O3/c1-30(2,3)27-18-28(36(35-27)21-10-8-20(31)9-11-21)34-29(37)33-25-12-13-26(24-7-5-4-6-23(24)25)39-16-14-22-19-32-15-17-38-22/h4-13,18,22,32H,14-17,19H2,1-3H3,(H2,33,34,37). The second kappa shape index (κ2) is 11.7. The molecule has 1 atom stereocenters. The molecule has 0 spiro atoms. The highest BCUT2D eigenvalue weighted by atomic mass is 35.5. The number of carbonyl (C=O) groups is 1. The average Bonchev–Trinajstić information content (AvgIpc) is 3.35. The highest BCUT2D eigenvalue weighted by molar-refractivity contribution is 6.30. The first-order valence-corrected chi connectivity index (χ1v) is 13.6. The molecule has 1 unspecified atom stereocenters. The molecule has 1 fully saturated rings. The molecule has 204 valence electrons. The molecule has 0 saturated carbocycles. The van der Waals surface area contributed by atoms with Crippen molar-refractivity contribution in [2.45, 2.75) is 38.7 Å². The van der Waals surface area contributed by atoms with Gasteiger partial charge in [0.15, 0.2) is 0 Å². The number of halogens is 1. The van der Waals surface area contributed by atoms with Gasteiger partial charge in [-0.15, -0.1) is 0 Å². The zero-order chi connectivity index (χ0) is 27.4. The first-order chi connectivity index (χ1) is 18.8. The largest absolute Gasteiger partial charge is 0.493 e. The molecule has 39 heavy (non-hydrogen) atoms. The molecule has 1 saturated heterocycles. The predicted octanol–water partition coefficient (Wildman–Crippen LogP) is 6.38. The average molecular weight is 548 g/mol. The SMILES string of the molecule is CC(C)(C)c1cc(NC(=O)Nc2ccc(OCCC3CNCCO3)c3ccccc23)n(-c2ccc(Cl)cc2)n1.